The lowest BCUT2D eigenvalue weighted by Gasteiger charge is -2.22. The normalized spacial score (nSPS) is 10.5. The summed E-state index contributed by atoms with van der Waals surface area (Å²) in [6, 6.07) is 11.9. The van der Waals surface area contributed by atoms with Crippen LogP contribution >= 0.6 is 11.6 Å². The number of anilines is 1. The predicted octanol–water partition coefficient (Wildman–Crippen LogP) is 3.09. The van der Waals surface area contributed by atoms with Gasteiger partial charge >= 0.3 is 0 Å². The summed E-state index contributed by atoms with van der Waals surface area (Å²) in [6.07, 6.45) is 1.82. The Morgan fingerprint density at radius 2 is 2.11 bits per heavy atom. The minimum Gasteiger partial charge on any atom is -0.368 e. The van der Waals surface area contributed by atoms with Crippen molar-refractivity contribution in [3.05, 3.63) is 58.9 Å². The summed E-state index contributed by atoms with van der Waals surface area (Å²) in [6.45, 7) is 1.58. The quantitative estimate of drug-likeness (QED) is 0.909. The third-order valence-corrected chi connectivity index (χ3v) is 3.19. The van der Waals surface area contributed by atoms with Gasteiger partial charge in [-0.1, -0.05) is 23.7 Å². The molecule has 2 rings (SSSR count). The van der Waals surface area contributed by atoms with E-state index in [0.29, 0.717) is 0 Å². The molecule has 0 aliphatic rings. The number of nitrogens with zero attached hydrogens (tertiary/aromatic N) is 2. The molecule has 0 saturated carbocycles. The SMILES string of the molecule is CNCc1ccc(Cl)cc1N(C)Cc1ccccn1. The van der Waals surface area contributed by atoms with E-state index in [9.17, 15) is 0 Å². The Labute approximate surface area is 119 Å². The molecule has 0 aliphatic carbocycles. The number of halogens is 1. The van der Waals surface area contributed by atoms with Gasteiger partial charge in [0.2, 0.25) is 0 Å². The number of pyridine rings is 1. The monoisotopic (exact) mass is 275 g/mol. The van der Waals surface area contributed by atoms with Crippen LogP contribution in [0.25, 0.3) is 0 Å². The van der Waals surface area contributed by atoms with E-state index in [1.54, 1.807) is 0 Å². The fourth-order valence-electron chi connectivity index (χ4n) is 2.05. The van der Waals surface area contributed by atoms with E-state index >= 15 is 0 Å². The van der Waals surface area contributed by atoms with E-state index in [2.05, 4.69) is 28.3 Å². The van der Waals surface area contributed by atoms with Gasteiger partial charge in [0.05, 0.1) is 12.2 Å². The Morgan fingerprint density at radius 1 is 1.26 bits per heavy atom. The Kier molecular flexibility index (Phi) is 4.77. The Bertz CT molecular complexity index is 528. The molecule has 19 heavy (non-hydrogen) atoms. The molecule has 0 aliphatic heterocycles. The van der Waals surface area contributed by atoms with Crippen LogP contribution in [-0.2, 0) is 13.1 Å². The first-order chi connectivity index (χ1) is 9.20. The largest absolute Gasteiger partial charge is 0.368 e. The van der Waals surface area contributed by atoms with Crippen molar-refractivity contribution in [1.29, 1.82) is 0 Å². The molecule has 2 aromatic rings. The molecule has 0 radical (unpaired) electrons. The van der Waals surface area contributed by atoms with Gasteiger partial charge in [-0.25, -0.2) is 0 Å². The van der Waals surface area contributed by atoms with Gasteiger partial charge in [-0.3, -0.25) is 4.98 Å². The van der Waals surface area contributed by atoms with Crippen LogP contribution in [0, 0.1) is 0 Å². The van der Waals surface area contributed by atoms with E-state index in [0.717, 1.165) is 29.5 Å². The van der Waals surface area contributed by atoms with Crippen LogP contribution in [0.4, 0.5) is 5.69 Å². The van der Waals surface area contributed by atoms with Gasteiger partial charge < -0.3 is 10.2 Å². The standard InChI is InChI=1S/C15H18ClN3/c1-17-10-12-6-7-13(16)9-15(12)19(2)11-14-5-3-4-8-18-14/h3-9,17H,10-11H2,1-2H3. The van der Waals surface area contributed by atoms with Crippen LogP contribution in [-0.4, -0.2) is 19.1 Å². The van der Waals surface area contributed by atoms with Crippen molar-refractivity contribution in [3.63, 3.8) is 0 Å². The minimum absolute atomic E-state index is 0.753. The zero-order chi connectivity index (χ0) is 13.7. The highest BCUT2D eigenvalue weighted by Crippen LogP contribution is 2.25. The summed E-state index contributed by atoms with van der Waals surface area (Å²) in [7, 11) is 4.00. The van der Waals surface area contributed by atoms with Crippen molar-refractivity contribution < 1.29 is 0 Å². The molecule has 0 bridgehead atoms. The fourth-order valence-corrected chi connectivity index (χ4v) is 2.22. The third kappa shape index (κ3) is 3.69. The summed E-state index contributed by atoms with van der Waals surface area (Å²) in [4.78, 5) is 6.52. The first-order valence-electron chi connectivity index (χ1n) is 6.25. The summed E-state index contributed by atoms with van der Waals surface area (Å²) in [5.74, 6) is 0. The van der Waals surface area contributed by atoms with Gasteiger partial charge in [0.25, 0.3) is 0 Å². The lowest BCUT2D eigenvalue weighted by atomic mass is 10.1. The second-order valence-electron chi connectivity index (χ2n) is 4.48. The molecule has 0 saturated heterocycles. The van der Waals surface area contributed by atoms with Gasteiger partial charge in [-0.15, -0.1) is 0 Å². The van der Waals surface area contributed by atoms with Gasteiger partial charge in [0.1, 0.15) is 0 Å². The molecule has 4 heteroatoms. The van der Waals surface area contributed by atoms with Gasteiger partial charge in [-0.2, -0.15) is 0 Å². The number of hydrogen-bond acceptors (Lipinski definition) is 3. The zero-order valence-corrected chi connectivity index (χ0v) is 12.0. The molecule has 0 amide bonds. The first kappa shape index (κ1) is 13.8. The maximum atomic E-state index is 6.10. The second-order valence-corrected chi connectivity index (χ2v) is 4.92. The molecular formula is C15H18ClN3. The van der Waals surface area contributed by atoms with E-state index in [4.69, 9.17) is 11.6 Å². The highest BCUT2D eigenvalue weighted by atomic mass is 35.5. The summed E-state index contributed by atoms with van der Waals surface area (Å²) in [5.41, 5.74) is 3.40. The average Bonchev–Trinajstić information content (AvgIpc) is 2.42. The van der Waals surface area contributed by atoms with Crippen molar-refractivity contribution in [2.45, 2.75) is 13.1 Å². The smallest absolute Gasteiger partial charge is 0.0598 e. The topological polar surface area (TPSA) is 28.2 Å². The third-order valence-electron chi connectivity index (χ3n) is 2.95. The first-order valence-corrected chi connectivity index (χ1v) is 6.62. The van der Waals surface area contributed by atoms with Crippen LogP contribution in [0.5, 0.6) is 0 Å². The van der Waals surface area contributed by atoms with Crippen LogP contribution in [0.15, 0.2) is 42.6 Å². The maximum absolute atomic E-state index is 6.10. The van der Waals surface area contributed by atoms with Crippen LogP contribution in [0.3, 0.4) is 0 Å². The molecule has 0 fully saturated rings. The number of nitrogens with one attached hydrogen (secondary N) is 1. The van der Waals surface area contributed by atoms with E-state index < -0.39 is 0 Å². The van der Waals surface area contributed by atoms with Gasteiger partial charge in [-0.05, 0) is 36.9 Å². The summed E-state index contributed by atoms with van der Waals surface area (Å²) >= 11 is 6.10. The van der Waals surface area contributed by atoms with Crippen molar-refractivity contribution in [3.8, 4) is 0 Å². The lowest BCUT2D eigenvalue weighted by molar-refractivity contribution is 0.802. The Morgan fingerprint density at radius 3 is 2.79 bits per heavy atom. The fraction of sp³-hybridized carbons (Fsp3) is 0.267. The molecule has 100 valence electrons. The molecule has 3 nitrogen and oxygen atoms in total. The Hall–Kier alpha value is -1.58. The van der Waals surface area contributed by atoms with Gasteiger partial charge in [0.15, 0.2) is 0 Å². The highest BCUT2D eigenvalue weighted by Gasteiger charge is 2.09. The summed E-state index contributed by atoms with van der Waals surface area (Å²) < 4.78 is 0. The van der Waals surface area contributed by atoms with Crippen molar-refractivity contribution in [1.82, 2.24) is 10.3 Å². The molecular weight excluding hydrogens is 258 g/mol. The van der Waals surface area contributed by atoms with E-state index in [-0.39, 0.29) is 0 Å². The minimum atomic E-state index is 0.753. The lowest BCUT2D eigenvalue weighted by Crippen LogP contribution is -2.20. The summed E-state index contributed by atoms with van der Waals surface area (Å²) in [5, 5.41) is 3.93. The molecule has 0 spiro atoms. The molecule has 1 heterocycles. The number of rotatable bonds is 5. The second kappa shape index (κ2) is 6.55. The zero-order valence-electron chi connectivity index (χ0n) is 11.2. The molecule has 1 aromatic carbocycles. The van der Waals surface area contributed by atoms with Crippen molar-refractivity contribution in [2.24, 2.45) is 0 Å². The molecule has 0 atom stereocenters. The van der Waals surface area contributed by atoms with E-state index in [1.165, 1.54) is 5.56 Å². The molecule has 1 N–H and O–H groups in total. The number of aromatic nitrogens is 1. The van der Waals surface area contributed by atoms with Crippen molar-refractivity contribution in [2.75, 3.05) is 19.0 Å². The van der Waals surface area contributed by atoms with E-state index in [1.807, 2.05) is 43.6 Å². The molecule has 1 aromatic heterocycles. The number of hydrogen-bond donors (Lipinski definition) is 1. The van der Waals surface area contributed by atoms with Crippen LogP contribution < -0.4 is 10.2 Å². The molecule has 0 unspecified atom stereocenters. The Balaban J connectivity index is 2.22. The predicted molar refractivity (Wildman–Crippen MR) is 80.6 cm³/mol. The van der Waals surface area contributed by atoms with Crippen molar-refractivity contribution >= 4 is 17.3 Å². The van der Waals surface area contributed by atoms with Gasteiger partial charge in [0, 0.05) is 30.5 Å². The average molecular weight is 276 g/mol. The van der Waals surface area contributed by atoms with Crippen LogP contribution in [0.2, 0.25) is 5.02 Å². The maximum Gasteiger partial charge on any atom is 0.0598 e. The number of benzene rings is 1. The highest BCUT2D eigenvalue weighted by molar-refractivity contribution is 6.30. The van der Waals surface area contributed by atoms with Crippen LogP contribution in [0.1, 0.15) is 11.3 Å².